The van der Waals surface area contributed by atoms with Gasteiger partial charge in [0, 0.05) is 37.9 Å². The monoisotopic (exact) mass is 355 g/mol. The maximum absolute atomic E-state index is 12.6. The first-order chi connectivity index (χ1) is 12.8. The number of benzene rings is 1. The molecule has 26 heavy (non-hydrogen) atoms. The van der Waals surface area contributed by atoms with E-state index in [1.807, 2.05) is 0 Å². The first-order valence-corrected chi connectivity index (χ1v) is 10.7. The van der Waals surface area contributed by atoms with Crippen LogP contribution in [0.1, 0.15) is 63.4 Å². The minimum Gasteiger partial charge on any atom is -0.372 e. The van der Waals surface area contributed by atoms with Crippen molar-refractivity contribution in [1.29, 1.82) is 0 Å². The third kappa shape index (κ3) is 4.06. The molecule has 3 aliphatic rings. The van der Waals surface area contributed by atoms with Gasteiger partial charge in [-0.2, -0.15) is 0 Å². The molecule has 4 heteroatoms. The van der Waals surface area contributed by atoms with Crippen LogP contribution in [-0.4, -0.2) is 42.5 Å². The summed E-state index contributed by atoms with van der Waals surface area (Å²) in [6, 6.07) is 9.53. The van der Waals surface area contributed by atoms with Gasteiger partial charge in [0.25, 0.3) is 0 Å². The van der Waals surface area contributed by atoms with Gasteiger partial charge in [-0.15, -0.1) is 0 Å². The highest BCUT2D eigenvalue weighted by molar-refractivity contribution is 5.82. The van der Waals surface area contributed by atoms with Crippen LogP contribution in [0.5, 0.6) is 0 Å². The Kier molecular flexibility index (Phi) is 5.78. The summed E-state index contributed by atoms with van der Waals surface area (Å²) in [5.41, 5.74) is 2.52. The van der Waals surface area contributed by atoms with E-state index < -0.39 is 0 Å². The average molecular weight is 356 g/mol. The van der Waals surface area contributed by atoms with Crippen LogP contribution in [0.2, 0.25) is 0 Å². The Bertz CT molecular complexity index is 588. The number of carbonyl (C=O) groups excluding carboxylic acids is 1. The highest BCUT2D eigenvalue weighted by Crippen LogP contribution is 2.30. The van der Waals surface area contributed by atoms with E-state index in [0.29, 0.717) is 12.6 Å². The van der Waals surface area contributed by atoms with Gasteiger partial charge in [-0.05, 0) is 56.2 Å². The zero-order valence-electron chi connectivity index (χ0n) is 16.0. The van der Waals surface area contributed by atoms with Crippen molar-refractivity contribution in [2.45, 2.75) is 76.4 Å². The molecular formula is C22H33N3O. The topological polar surface area (TPSA) is 35.6 Å². The fourth-order valence-electron chi connectivity index (χ4n) is 4.82. The summed E-state index contributed by atoms with van der Waals surface area (Å²) in [7, 11) is 0. The molecule has 142 valence electrons. The van der Waals surface area contributed by atoms with Gasteiger partial charge in [0.2, 0.25) is 5.91 Å². The molecule has 1 amide bonds. The normalized spacial score (nSPS) is 24.9. The largest absolute Gasteiger partial charge is 0.372 e. The SMILES string of the molecule is O=C(NCc1ccc(N2CCCCC2)cc1)[C@@H]1CCN1C1CCCCC1. The third-order valence-electron chi connectivity index (χ3n) is 6.53. The fraction of sp³-hybridized carbons (Fsp3) is 0.682. The standard InChI is InChI=1S/C22H33N3O/c26-22(21-13-16-25(21)20-7-3-1-4-8-20)23-17-18-9-11-19(12-10-18)24-14-5-2-6-15-24/h9-12,20-21H,1-8,13-17H2,(H,23,26)/t21-/m0/s1. The van der Waals surface area contributed by atoms with Crippen LogP contribution in [0.15, 0.2) is 24.3 Å². The summed E-state index contributed by atoms with van der Waals surface area (Å²) in [5, 5.41) is 3.17. The smallest absolute Gasteiger partial charge is 0.237 e. The average Bonchev–Trinajstić information content (AvgIpc) is 2.67. The first kappa shape index (κ1) is 17.8. The van der Waals surface area contributed by atoms with Crippen molar-refractivity contribution in [1.82, 2.24) is 10.2 Å². The Labute approximate surface area is 157 Å². The maximum atomic E-state index is 12.6. The molecule has 2 heterocycles. The molecule has 2 aliphatic heterocycles. The van der Waals surface area contributed by atoms with E-state index in [1.165, 1.54) is 75.7 Å². The molecule has 1 aromatic carbocycles. The fourth-order valence-corrected chi connectivity index (χ4v) is 4.82. The predicted octanol–water partition coefficient (Wildman–Crippen LogP) is 3.70. The number of piperidine rings is 1. The second kappa shape index (κ2) is 8.43. The van der Waals surface area contributed by atoms with Gasteiger partial charge >= 0.3 is 0 Å². The van der Waals surface area contributed by atoms with E-state index in [-0.39, 0.29) is 11.9 Å². The molecular weight excluding hydrogens is 322 g/mol. The minimum absolute atomic E-state index is 0.116. The van der Waals surface area contributed by atoms with Gasteiger partial charge in [-0.1, -0.05) is 31.4 Å². The number of rotatable bonds is 5. The van der Waals surface area contributed by atoms with Crippen molar-refractivity contribution < 1.29 is 4.79 Å². The zero-order valence-corrected chi connectivity index (χ0v) is 16.0. The Balaban J connectivity index is 1.26. The molecule has 0 radical (unpaired) electrons. The van der Waals surface area contributed by atoms with E-state index in [1.54, 1.807) is 0 Å². The number of amides is 1. The number of carbonyl (C=O) groups is 1. The molecule has 1 aromatic rings. The Hall–Kier alpha value is -1.55. The van der Waals surface area contributed by atoms with Crippen LogP contribution < -0.4 is 10.2 Å². The van der Waals surface area contributed by atoms with Crippen LogP contribution in [0.25, 0.3) is 0 Å². The minimum atomic E-state index is 0.116. The molecule has 4 rings (SSSR count). The summed E-state index contributed by atoms with van der Waals surface area (Å²) >= 11 is 0. The van der Waals surface area contributed by atoms with Crippen LogP contribution in [0.4, 0.5) is 5.69 Å². The van der Waals surface area contributed by atoms with Crippen molar-refractivity contribution in [2.75, 3.05) is 24.5 Å². The summed E-state index contributed by atoms with van der Waals surface area (Å²) < 4.78 is 0. The number of nitrogens with zero attached hydrogens (tertiary/aromatic N) is 2. The van der Waals surface area contributed by atoms with E-state index in [0.717, 1.165) is 13.0 Å². The Morgan fingerprint density at radius 1 is 0.885 bits per heavy atom. The van der Waals surface area contributed by atoms with Crippen LogP contribution in [0, 0.1) is 0 Å². The maximum Gasteiger partial charge on any atom is 0.237 e. The van der Waals surface area contributed by atoms with Crippen molar-refractivity contribution in [2.24, 2.45) is 0 Å². The van der Waals surface area contributed by atoms with Crippen molar-refractivity contribution in [3.8, 4) is 0 Å². The van der Waals surface area contributed by atoms with Gasteiger partial charge in [-0.3, -0.25) is 9.69 Å². The third-order valence-corrected chi connectivity index (χ3v) is 6.53. The van der Waals surface area contributed by atoms with Crippen molar-refractivity contribution >= 4 is 11.6 Å². The lowest BCUT2D eigenvalue weighted by Gasteiger charge is -2.46. The number of hydrogen-bond acceptors (Lipinski definition) is 3. The number of hydrogen-bond donors (Lipinski definition) is 1. The molecule has 0 spiro atoms. The molecule has 0 bridgehead atoms. The lowest BCUT2D eigenvalue weighted by molar-refractivity contribution is -0.133. The number of nitrogens with one attached hydrogen (secondary N) is 1. The second-order valence-electron chi connectivity index (χ2n) is 8.27. The van der Waals surface area contributed by atoms with Crippen LogP contribution >= 0.6 is 0 Å². The molecule has 1 N–H and O–H groups in total. The first-order valence-electron chi connectivity index (χ1n) is 10.7. The molecule has 4 nitrogen and oxygen atoms in total. The summed E-state index contributed by atoms with van der Waals surface area (Å²) in [6.45, 7) is 4.10. The van der Waals surface area contributed by atoms with Crippen molar-refractivity contribution in [3.63, 3.8) is 0 Å². The lowest BCUT2D eigenvalue weighted by atomic mass is 9.89. The van der Waals surface area contributed by atoms with E-state index in [4.69, 9.17) is 0 Å². The zero-order chi connectivity index (χ0) is 17.8. The summed E-state index contributed by atoms with van der Waals surface area (Å²) in [4.78, 5) is 17.5. The van der Waals surface area contributed by atoms with Gasteiger partial charge in [0.15, 0.2) is 0 Å². The Morgan fingerprint density at radius 3 is 2.23 bits per heavy atom. The highest BCUT2D eigenvalue weighted by Gasteiger charge is 2.38. The summed E-state index contributed by atoms with van der Waals surface area (Å²) in [6.07, 6.45) is 11.6. The van der Waals surface area contributed by atoms with Crippen LogP contribution in [0.3, 0.4) is 0 Å². The molecule has 0 aromatic heterocycles. The van der Waals surface area contributed by atoms with E-state index in [2.05, 4.69) is 39.4 Å². The highest BCUT2D eigenvalue weighted by atomic mass is 16.2. The summed E-state index contributed by atoms with van der Waals surface area (Å²) in [5.74, 6) is 0.224. The molecule has 3 fully saturated rings. The van der Waals surface area contributed by atoms with E-state index in [9.17, 15) is 4.79 Å². The van der Waals surface area contributed by atoms with Crippen LogP contribution in [-0.2, 0) is 11.3 Å². The molecule has 0 unspecified atom stereocenters. The van der Waals surface area contributed by atoms with Crippen molar-refractivity contribution in [3.05, 3.63) is 29.8 Å². The molecule has 1 saturated carbocycles. The Morgan fingerprint density at radius 2 is 1.58 bits per heavy atom. The predicted molar refractivity (Wildman–Crippen MR) is 106 cm³/mol. The van der Waals surface area contributed by atoms with E-state index >= 15 is 0 Å². The molecule has 1 atom stereocenters. The van der Waals surface area contributed by atoms with Gasteiger partial charge in [-0.25, -0.2) is 0 Å². The van der Waals surface area contributed by atoms with Gasteiger partial charge < -0.3 is 10.2 Å². The number of anilines is 1. The molecule has 1 aliphatic carbocycles. The van der Waals surface area contributed by atoms with Gasteiger partial charge in [0.1, 0.15) is 0 Å². The second-order valence-corrected chi connectivity index (χ2v) is 8.27. The number of likely N-dealkylation sites (tertiary alicyclic amines) is 1. The van der Waals surface area contributed by atoms with Gasteiger partial charge in [0.05, 0.1) is 6.04 Å². The molecule has 2 saturated heterocycles. The lowest BCUT2D eigenvalue weighted by Crippen LogP contribution is -2.59. The quantitative estimate of drug-likeness (QED) is 0.875.